The SMILES string of the molecule is CC1(c2ccc(OCc3cc(Cl)nc(Cl)c3)cc2)CCN(C(CCN)C(=O)NO)C1=O. The van der Waals surface area contributed by atoms with Gasteiger partial charge in [0.25, 0.3) is 5.91 Å². The maximum atomic E-state index is 13.2. The summed E-state index contributed by atoms with van der Waals surface area (Å²) in [6, 6.07) is 9.81. The second-order valence-electron chi connectivity index (χ2n) is 7.58. The van der Waals surface area contributed by atoms with Gasteiger partial charge in [0, 0.05) is 6.54 Å². The summed E-state index contributed by atoms with van der Waals surface area (Å²) in [6.45, 7) is 2.73. The molecule has 0 spiro atoms. The van der Waals surface area contributed by atoms with E-state index in [9.17, 15) is 9.59 Å². The van der Waals surface area contributed by atoms with Gasteiger partial charge in [-0.2, -0.15) is 0 Å². The molecule has 2 heterocycles. The first-order valence-electron chi connectivity index (χ1n) is 9.79. The number of amides is 2. The van der Waals surface area contributed by atoms with Gasteiger partial charge in [-0.15, -0.1) is 0 Å². The van der Waals surface area contributed by atoms with Crippen molar-refractivity contribution in [3.63, 3.8) is 0 Å². The number of hydroxylamine groups is 1. The topological polar surface area (TPSA) is 118 Å². The van der Waals surface area contributed by atoms with E-state index in [2.05, 4.69) is 4.98 Å². The van der Waals surface area contributed by atoms with Gasteiger partial charge in [-0.25, -0.2) is 10.5 Å². The van der Waals surface area contributed by atoms with Crippen LogP contribution in [-0.2, 0) is 21.6 Å². The van der Waals surface area contributed by atoms with Crippen molar-refractivity contribution in [3.05, 3.63) is 57.8 Å². The molecule has 0 saturated carbocycles. The average Bonchev–Trinajstić information content (AvgIpc) is 3.05. The van der Waals surface area contributed by atoms with E-state index in [0.29, 0.717) is 29.0 Å². The number of likely N-dealkylation sites (tertiary alicyclic amines) is 1. The number of aromatic nitrogens is 1. The highest BCUT2D eigenvalue weighted by molar-refractivity contribution is 6.32. The van der Waals surface area contributed by atoms with Gasteiger partial charge in [-0.1, -0.05) is 35.3 Å². The molecule has 1 aliphatic heterocycles. The Morgan fingerprint density at radius 1 is 1.32 bits per heavy atom. The minimum Gasteiger partial charge on any atom is -0.489 e. The van der Waals surface area contributed by atoms with Crippen LogP contribution in [-0.4, -0.2) is 46.0 Å². The van der Waals surface area contributed by atoms with Gasteiger partial charge in [0.1, 0.15) is 28.7 Å². The maximum absolute atomic E-state index is 13.2. The number of hydrogen-bond acceptors (Lipinski definition) is 6. The van der Waals surface area contributed by atoms with E-state index in [0.717, 1.165) is 11.1 Å². The van der Waals surface area contributed by atoms with Crippen molar-refractivity contribution in [2.75, 3.05) is 13.1 Å². The summed E-state index contributed by atoms with van der Waals surface area (Å²) in [6.07, 6.45) is 0.809. The van der Waals surface area contributed by atoms with Gasteiger partial charge >= 0.3 is 0 Å². The van der Waals surface area contributed by atoms with Crippen LogP contribution in [0.25, 0.3) is 0 Å². The van der Waals surface area contributed by atoms with E-state index in [1.54, 1.807) is 29.7 Å². The van der Waals surface area contributed by atoms with Gasteiger partial charge in [0.2, 0.25) is 5.91 Å². The first kappa shape index (κ1) is 23.3. The predicted octanol–water partition coefficient (Wildman–Crippen LogP) is 2.68. The van der Waals surface area contributed by atoms with E-state index in [4.69, 9.17) is 38.9 Å². The van der Waals surface area contributed by atoms with Crippen LogP contribution < -0.4 is 16.0 Å². The Bertz CT molecular complexity index is 937. The molecule has 1 aromatic carbocycles. The van der Waals surface area contributed by atoms with E-state index in [-0.39, 0.29) is 25.5 Å². The summed E-state index contributed by atoms with van der Waals surface area (Å²) in [5, 5.41) is 9.60. The number of carbonyl (C=O) groups excluding carboxylic acids is 2. The minimum atomic E-state index is -0.800. The highest BCUT2D eigenvalue weighted by atomic mass is 35.5. The number of rotatable bonds is 8. The average molecular weight is 467 g/mol. The van der Waals surface area contributed by atoms with Gasteiger partial charge in [0.15, 0.2) is 0 Å². The van der Waals surface area contributed by atoms with Crippen molar-refractivity contribution in [1.82, 2.24) is 15.4 Å². The Balaban J connectivity index is 1.71. The van der Waals surface area contributed by atoms with Crippen LogP contribution in [0, 0.1) is 0 Å². The van der Waals surface area contributed by atoms with Gasteiger partial charge in [-0.05, 0) is 61.7 Å². The lowest BCUT2D eigenvalue weighted by molar-refractivity contribution is -0.144. The summed E-state index contributed by atoms with van der Waals surface area (Å²) < 4.78 is 5.78. The fourth-order valence-corrected chi connectivity index (χ4v) is 4.28. The zero-order chi connectivity index (χ0) is 22.6. The third-order valence-corrected chi connectivity index (χ3v) is 5.92. The van der Waals surface area contributed by atoms with Crippen LogP contribution in [0.2, 0.25) is 10.3 Å². The summed E-state index contributed by atoms with van der Waals surface area (Å²) in [5.41, 5.74) is 8.04. The first-order valence-corrected chi connectivity index (χ1v) is 10.5. The van der Waals surface area contributed by atoms with E-state index < -0.39 is 17.4 Å². The zero-order valence-corrected chi connectivity index (χ0v) is 18.5. The zero-order valence-electron chi connectivity index (χ0n) is 17.0. The van der Waals surface area contributed by atoms with Crippen molar-refractivity contribution in [2.45, 2.75) is 37.8 Å². The second-order valence-corrected chi connectivity index (χ2v) is 8.36. The molecule has 2 aromatic rings. The number of pyridine rings is 1. The number of nitrogens with two attached hydrogens (primary N) is 1. The van der Waals surface area contributed by atoms with Crippen LogP contribution in [0.5, 0.6) is 5.75 Å². The molecular formula is C21H24Cl2N4O4. The van der Waals surface area contributed by atoms with Crippen molar-refractivity contribution in [1.29, 1.82) is 0 Å². The van der Waals surface area contributed by atoms with Crippen LogP contribution in [0.4, 0.5) is 0 Å². The molecule has 3 rings (SSSR count). The summed E-state index contributed by atoms with van der Waals surface area (Å²) >= 11 is 11.8. The van der Waals surface area contributed by atoms with Crippen molar-refractivity contribution in [2.24, 2.45) is 5.73 Å². The molecule has 31 heavy (non-hydrogen) atoms. The lowest BCUT2D eigenvalue weighted by atomic mass is 9.81. The smallest absolute Gasteiger partial charge is 0.266 e. The Morgan fingerprint density at radius 2 is 1.97 bits per heavy atom. The Hall–Kier alpha value is -2.39. The maximum Gasteiger partial charge on any atom is 0.266 e. The Kier molecular flexibility index (Phi) is 7.38. The van der Waals surface area contributed by atoms with E-state index in [1.807, 2.05) is 19.1 Å². The molecule has 2 atom stereocenters. The third kappa shape index (κ3) is 5.10. The largest absolute Gasteiger partial charge is 0.489 e. The molecule has 4 N–H and O–H groups in total. The van der Waals surface area contributed by atoms with Crippen LogP contribution in [0.1, 0.15) is 30.9 Å². The molecule has 2 unspecified atom stereocenters. The molecule has 10 heteroatoms. The highest BCUT2D eigenvalue weighted by Crippen LogP contribution is 2.37. The van der Waals surface area contributed by atoms with E-state index in [1.165, 1.54) is 4.90 Å². The number of benzene rings is 1. The number of nitrogens with zero attached hydrogens (tertiary/aromatic N) is 2. The Labute approximate surface area is 190 Å². The van der Waals surface area contributed by atoms with Crippen molar-refractivity contribution >= 4 is 35.0 Å². The van der Waals surface area contributed by atoms with Crippen molar-refractivity contribution < 1.29 is 19.5 Å². The van der Waals surface area contributed by atoms with Crippen LogP contribution in [0.15, 0.2) is 36.4 Å². The molecule has 8 nitrogen and oxygen atoms in total. The lowest BCUT2D eigenvalue weighted by Crippen LogP contribution is -2.49. The molecule has 2 amide bonds. The number of nitrogens with one attached hydrogen (secondary N) is 1. The third-order valence-electron chi connectivity index (χ3n) is 5.53. The van der Waals surface area contributed by atoms with Gasteiger partial charge in [0.05, 0.1) is 5.41 Å². The molecule has 0 radical (unpaired) electrons. The summed E-state index contributed by atoms with van der Waals surface area (Å²) in [5.74, 6) is -0.188. The van der Waals surface area contributed by atoms with Crippen molar-refractivity contribution in [3.8, 4) is 5.75 Å². The van der Waals surface area contributed by atoms with Crippen LogP contribution >= 0.6 is 23.2 Å². The van der Waals surface area contributed by atoms with Gasteiger partial charge < -0.3 is 15.4 Å². The first-order chi connectivity index (χ1) is 14.8. The number of halogens is 2. The number of carbonyl (C=O) groups is 2. The fraction of sp³-hybridized carbons (Fsp3) is 0.381. The molecule has 0 aliphatic carbocycles. The number of ether oxygens (including phenoxy) is 1. The quantitative estimate of drug-likeness (QED) is 0.312. The molecule has 0 bridgehead atoms. The molecule has 1 fully saturated rings. The normalized spacial score (nSPS) is 19.4. The van der Waals surface area contributed by atoms with E-state index >= 15 is 0 Å². The molecular weight excluding hydrogens is 443 g/mol. The highest BCUT2D eigenvalue weighted by Gasteiger charge is 2.47. The summed E-state index contributed by atoms with van der Waals surface area (Å²) in [7, 11) is 0. The second kappa shape index (κ2) is 9.82. The Morgan fingerprint density at radius 3 is 2.55 bits per heavy atom. The standard InChI is InChI=1S/C21H24Cl2N4O4/c1-21(7-9-27(20(21)29)16(6-8-24)19(28)26-30)14-2-4-15(5-3-14)31-12-13-10-17(22)25-18(23)11-13/h2-5,10-11,16,30H,6-9,12,24H2,1H3,(H,26,28). The summed E-state index contributed by atoms with van der Waals surface area (Å²) in [4.78, 5) is 30.6. The molecule has 1 saturated heterocycles. The molecule has 1 aliphatic rings. The predicted molar refractivity (Wildman–Crippen MR) is 116 cm³/mol. The monoisotopic (exact) mass is 466 g/mol. The fourth-order valence-electron chi connectivity index (χ4n) is 3.78. The van der Waals surface area contributed by atoms with Crippen LogP contribution in [0.3, 0.4) is 0 Å². The minimum absolute atomic E-state index is 0.177. The van der Waals surface area contributed by atoms with Gasteiger partial charge in [-0.3, -0.25) is 14.8 Å². The molecule has 166 valence electrons. The lowest BCUT2D eigenvalue weighted by Gasteiger charge is -2.29. The number of hydrogen-bond donors (Lipinski definition) is 3. The molecule has 1 aromatic heterocycles.